The predicted octanol–water partition coefficient (Wildman–Crippen LogP) is 0.570. The zero-order valence-electron chi connectivity index (χ0n) is 11.1. The Hall–Kier alpha value is -2.62. The second-order valence-corrected chi connectivity index (χ2v) is 5.06. The van der Waals surface area contributed by atoms with Gasteiger partial charge < -0.3 is 5.32 Å². The molecular weight excluding hydrogens is 298 g/mol. The third-order valence-corrected chi connectivity index (χ3v) is 3.57. The van der Waals surface area contributed by atoms with E-state index in [1.807, 2.05) is 0 Å². The molecule has 0 amide bonds. The van der Waals surface area contributed by atoms with E-state index < -0.39 is 16.0 Å². The molecule has 0 aliphatic carbocycles. The topological polar surface area (TPSA) is 123 Å². The molecule has 0 unspecified atom stereocenters. The van der Waals surface area contributed by atoms with Crippen LogP contribution in [0, 0.1) is 10.1 Å². The van der Waals surface area contributed by atoms with E-state index in [1.165, 1.54) is 23.9 Å². The van der Waals surface area contributed by atoms with Crippen LogP contribution in [0.4, 0.5) is 11.4 Å². The fourth-order valence-corrected chi connectivity index (χ4v) is 2.44. The first-order valence-electron chi connectivity index (χ1n) is 5.73. The average molecular weight is 309 g/mol. The lowest BCUT2D eigenvalue weighted by Gasteiger charge is -2.07. The van der Waals surface area contributed by atoms with Crippen molar-refractivity contribution in [1.29, 1.82) is 0 Å². The van der Waals surface area contributed by atoms with Crippen LogP contribution in [-0.2, 0) is 7.05 Å². The summed E-state index contributed by atoms with van der Waals surface area (Å²) in [4.78, 5) is 36.9. The number of nitrogens with zero attached hydrogens (tertiary/aromatic N) is 3. The first kappa shape index (κ1) is 14.8. The Morgan fingerprint density at radius 3 is 2.71 bits per heavy atom. The molecular formula is C11H11N5O4S. The highest BCUT2D eigenvalue weighted by atomic mass is 32.2. The summed E-state index contributed by atoms with van der Waals surface area (Å²) in [5.74, 6) is 0. The van der Waals surface area contributed by atoms with Crippen LogP contribution >= 0.6 is 11.8 Å². The predicted molar refractivity (Wildman–Crippen MR) is 76.9 cm³/mol. The molecule has 0 radical (unpaired) electrons. The van der Waals surface area contributed by atoms with Crippen molar-refractivity contribution in [2.75, 3.05) is 12.4 Å². The molecule has 0 aliphatic heterocycles. The SMILES string of the molecule is CNc1cc(Sc2nc(=O)c(=O)[nH]n2C)cc([N+](=O)[O-])c1. The van der Waals surface area contributed by atoms with Crippen molar-refractivity contribution in [2.24, 2.45) is 7.05 Å². The standard InChI is InChI=1S/C11H11N5O4S/c1-12-6-3-7(16(19)20)5-8(4-6)21-11-13-9(17)10(18)14-15(11)2/h3-5,12H,1-2H3,(H,14,18). The van der Waals surface area contributed by atoms with Crippen LogP contribution in [0.1, 0.15) is 0 Å². The number of benzene rings is 1. The molecule has 10 heteroatoms. The maximum absolute atomic E-state index is 11.3. The van der Waals surface area contributed by atoms with Gasteiger partial charge in [-0.05, 0) is 17.8 Å². The average Bonchev–Trinajstić information content (AvgIpc) is 2.44. The second kappa shape index (κ2) is 5.79. The quantitative estimate of drug-likeness (QED) is 0.481. The van der Waals surface area contributed by atoms with E-state index in [0.717, 1.165) is 11.8 Å². The Morgan fingerprint density at radius 1 is 1.38 bits per heavy atom. The Morgan fingerprint density at radius 2 is 2.10 bits per heavy atom. The number of non-ortho nitro benzene ring substituents is 1. The van der Waals surface area contributed by atoms with Crippen molar-refractivity contribution in [3.8, 4) is 0 Å². The Kier molecular flexibility index (Phi) is 4.08. The van der Waals surface area contributed by atoms with E-state index in [9.17, 15) is 19.7 Å². The number of rotatable bonds is 4. The monoisotopic (exact) mass is 309 g/mol. The van der Waals surface area contributed by atoms with Crippen molar-refractivity contribution in [3.05, 3.63) is 49.0 Å². The van der Waals surface area contributed by atoms with Gasteiger partial charge >= 0.3 is 11.1 Å². The van der Waals surface area contributed by atoms with E-state index in [4.69, 9.17) is 0 Å². The second-order valence-electron chi connectivity index (χ2n) is 4.02. The molecule has 2 N–H and O–H groups in total. The number of hydrogen-bond donors (Lipinski definition) is 2. The Labute approximate surface area is 122 Å². The smallest absolute Gasteiger partial charge is 0.339 e. The van der Waals surface area contributed by atoms with Gasteiger partial charge in [-0.2, -0.15) is 4.98 Å². The Bertz CT molecular complexity index is 813. The van der Waals surface area contributed by atoms with Crippen molar-refractivity contribution < 1.29 is 4.92 Å². The molecule has 1 aromatic carbocycles. The van der Waals surface area contributed by atoms with E-state index in [-0.39, 0.29) is 10.8 Å². The summed E-state index contributed by atoms with van der Waals surface area (Å²) < 4.78 is 1.28. The highest BCUT2D eigenvalue weighted by Crippen LogP contribution is 2.30. The molecule has 0 fully saturated rings. The molecule has 0 saturated heterocycles. The third kappa shape index (κ3) is 3.28. The zero-order valence-corrected chi connectivity index (χ0v) is 11.9. The minimum Gasteiger partial charge on any atom is -0.388 e. The van der Waals surface area contributed by atoms with Crippen molar-refractivity contribution in [2.45, 2.75) is 10.1 Å². The van der Waals surface area contributed by atoms with Crippen LogP contribution in [0.2, 0.25) is 0 Å². The van der Waals surface area contributed by atoms with E-state index in [0.29, 0.717) is 10.6 Å². The van der Waals surface area contributed by atoms with Crippen LogP contribution < -0.4 is 16.4 Å². The van der Waals surface area contributed by atoms with Gasteiger partial charge in [-0.1, -0.05) is 0 Å². The third-order valence-electron chi connectivity index (χ3n) is 2.55. The molecule has 0 saturated carbocycles. The summed E-state index contributed by atoms with van der Waals surface area (Å²) in [6, 6.07) is 4.43. The van der Waals surface area contributed by atoms with Crippen LogP contribution in [0.5, 0.6) is 0 Å². The lowest BCUT2D eigenvalue weighted by atomic mass is 10.3. The minimum atomic E-state index is -0.908. The number of nitro benzene ring substituents is 1. The van der Waals surface area contributed by atoms with Crippen LogP contribution in [0.3, 0.4) is 0 Å². The number of aryl methyl sites for hydroxylation is 1. The first-order chi connectivity index (χ1) is 9.90. The number of hydrogen-bond acceptors (Lipinski definition) is 7. The van der Waals surface area contributed by atoms with Gasteiger partial charge in [-0.25, -0.2) is 0 Å². The Balaban J connectivity index is 2.46. The number of nitro groups is 1. The van der Waals surface area contributed by atoms with Crippen LogP contribution in [0.25, 0.3) is 0 Å². The van der Waals surface area contributed by atoms with Crippen LogP contribution in [0.15, 0.2) is 37.8 Å². The van der Waals surface area contributed by atoms with Gasteiger partial charge in [0.05, 0.1) is 4.92 Å². The number of anilines is 1. The van der Waals surface area contributed by atoms with Gasteiger partial charge in [0, 0.05) is 36.8 Å². The van der Waals surface area contributed by atoms with Gasteiger partial charge in [0.25, 0.3) is 5.69 Å². The summed E-state index contributed by atoms with van der Waals surface area (Å²) in [7, 11) is 3.16. The fraction of sp³-hybridized carbons (Fsp3) is 0.182. The highest BCUT2D eigenvalue weighted by Gasteiger charge is 2.12. The van der Waals surface area contributed by atoms with Gasteiger partial charge in [-0.15, -0.1) is 0 Å². The van der Waals surface area contributed by atoms with Crippen LogP contribution in [-0.4, -0.2) is 26.7 Å². The van der Waals surface area contributed by atoms with Gasteiger partial charge in [0.15, 0.2) is 5.16 Å². The van der Waals surface area contributed by atoms with Gasteiger partial charge in [-0.3, -0.25) is 29.5 Å². The summed E-state index contributed by atoms with van der Waals surface area (Å²) in [6.45, 7) is 0. The normalized spacial score (nSPS) is 10.4. The molecule has 1 aromatic heterocycles. The maximum Gasteiger partial charge on any atom is 0.339 e. The van der Waals surface area contributed by atoms with E-state index in [1.54, 1.807) is 13.1 Å². The molecule has 0 bridgehead atoms. The molecule has 1 heterocycles. The molecule has 0 atom stereocenters. The summed E-state index contributed by atoms with van der Waals surface area (Å²) in [6.07, 6.45) is 0. The molecule has 110 valence electrons. The number of H-pyrrole nitrogens is 1. The van der Waals surface area contributed by atoms with E-state index >= 15 is 0 Å². The number of aromatic nitrogens is 3. The molecule has 0 aliphatic rings. The molecule has 0 spiro atoms. The number of nitrogens with one attached hydrogen (secondary N) is 2. The largest absolute Gasteiger partial charge is 0.388 e. The van der Waals surface area contributed by atoms with Gasteiger partial charge in [0.2, 0.25) is 0 Å². The van der Waals surface area contributed by atoms with Crippen molar-refractivity contribution >= 4 is 23.1 Å². The summed E-state index contributed by atoms with van der Waals surface area (Å²) in [5.41, 5.74) is -1.26. The van der Waals surface area contributed by atoms with E-state index in [2.05, 4.69) is 15.4 Å². The molecule has 21 heavy (non-hydrogen) atoms. The lowest BCUT2D eigenvalue weighted by Crippen LogP contribution is -2.33. The van der Waals surface area contributed by atoms with Gasteiger partial charge in [0.1, 0.15) is 0 Å². The van der Waals surface area contributed by atoms with Crippen molar-refractivity contribution in [3.63, 3.8) is 0 Å². The number of aromatic amines is 1. The molecule has 2 rings (SSSR count). The molecule has 9 nitrogen and oxygen atoms in total. The lowest BCUT2D eigenvalue weighted by molar-refractivity contribution is -0.385. The molecule has 2 aromatic rings. The summed E-state index contributed by atoms with van der Waals surface area (Å²) in [5, 5.41) is 16.2. The maximum atomic E-state index is 11.3. The zero-order chi connectivity index (χ0) is 15.6. The fourth-order valence-electron chi connectivity index (χ4n) is 1.55. The first-order valence-corrected chi connectivity index (χ1v) is 6.55. The van der Waals surface area contributed by atoms with Crippen molar-refractivity contribution in [1.82, 2.24) is 14.8 Å². The summed E-state index contributed by atoms with van der Waals surface area (Å²) >= 11 is 1.04. The highest BCUT2D eigenvalue weighted by molar-refractivity contribution is 7.99. The minimum absolute atomic E-state index is 0.0845.